The van der Waals surface area contributed by atoms with E-state index in [2.05, 4.69) is 20.6 Å². The number of aromatic nitrogens is 2. The number of para-hydroxylation sites is 1. The SMILES string of the molecule is CS(=O)(=O)c1cc(Nc2ncc3c(n2)OCN(c2c(Cl)cccc2Cl)C3=O)ccc1C1CCNCC1. The van der Waals surface area contributed by atoms with Crippen LogP contribution in [0.3, 0.4) is 0 Å². The average Bonchev–Trinajstić information content (AvgIpc) is 2.85. The van der Waals surface area contributed by atoms with Crippen LogP contribution in [0.4, 0.5) is 17.3 Å². The Morgan fingerprint density at radius 3 is 2.56 bits per heavy atom. The van der Waals surface area contributed by atoms with E-state index in [1.807, 2.05) is 12.1 Å². The summed E-state index contributed by atoms with van der Waals surface area (Å²) in [5, 5.41) is 6.96. The van der Waals surface area contributed by atoms with Crippen molar-refractivity contribution in [3.05, 3.63) is 63.8 Å². The van der Waals surface area contributed by atoms with Crippen molar-refractivity contribution < 1.29 is 17.9 Å². The Labute approximate surface area is 218 Å². The van der Waals surface area contributed by atoms with Gasteiger partial charge >= 0.3 is 0 Å². The summed E-state index contributed by atoms with van der Waals surface area (Å²) in [5.74, 6) is 0.0499. The van der Waals surface area contributed by atoms with Gasteiger partial charge in [0.1, 0.15) is 5.56 Å². The lowest BCUT2D eigenvalue weighted by Gasteiger charge is -2.29. The fraction of sp³-hybridized carbons (Fsp3) is 0.292. The first kappa shape index (κ1) is 24.8. The molecule has 36 heavy (non-hydrogen) atoms. The molecule has 0 bridgehead atoms. The van der Waals surface area contributed by atoms with E-state index in [0.717, 1.165) is 31.5 Å². The summed E-state index contributed by atoms with van der Waals surface area (Å²) >= 11 is 12.5. The second-order valence-electron chi connectivity index (χ2n) is 8.66. The number of ether oxygens (including phenoxy) is 1. The number of anilines is 3. The van der Waals surface area contributed by atoms with Crippen LogP contribution in [0.15, 0.2) is 47.5 Å². The summed E-state index contributed by atoms with van der Waals surface area (Å²) in [4.78, 5) is 23.3. The number of hydrogen-bond acceptors (Lipinski definition) is 8. The number of carbonyl (C=O) groups excluding carboxylic acids is 1. The third kappa shape index (κ3) is 4.86. The van der Waals surface area contributed by atoms with E-state index >= 15 is 0 Å². The number of amides is 1. The van der Waals surface area contributed by atoms with Gasteiger partial charge in [-0.1, -0.05) is 35.3 Å². The van der Waals surface area contributed by atoms with Crippen molar-refractivity contribution in [3.8, 4) is 5.88 Å². The molecule has 0 unspecified atom stereocenters. The lowest BCUT2D eigenvalue weighted by molar-refractivity contribution is 0.0932. The number of benzene rings is 2. The third-order valence-electron chi connectivity index (χ3n) is 6.22. The first-order valence-electron chi connectivity index (χ1n) is 11.3. The van der Waals surface area contributed by atoms with Gasteiger partial charge in [0.05, 0.1) is 20.6 Å². The number of nitrogens with one attached hydrogen (secondary N) is 2. The Bertz CT molecular complexity index is 1420. The molecule has 2 aliphatic heterocycles. The molecule has 1 amide bonds. The number of fused-ring (bicyclic) bond motifs is 1. The Hall–Kier alpha value is -2.92. The first-order valence-corrected chi connectivity index (χ1v) is 13.9. The number of rotatable bonds is 5. The maximum atomic E-state index is 13.1. The lowest BCUT2D eigenvalue weighted by Crippen LogP contribution is -2.39. The predicted molar refractivity (Wildman–Crippen MR) is 138 cm³/mol. The van der Waals surface area contributed by atoms with Crippen LogP contribution in [-0.4, -0.2) is 50.4 Å². The molecule has 2 aromatic carbocycles. The van der Waals surface area contributed by atoms with Crippen LogP contribution in [0.25, 0.3) is 0 Å². The zero-order chi connectivity index (χ0) is 25.4. The minimum atomic E-state index is -3.46. The highest BCUT2D eigenvalue weighted by atomic mass is 35.5. The van der Waals surface area contributed by atoms with Crippen LogP contribution < -0.4 is 20.3 Å². The van der Waals surface area contributed by atoms with Gasteiger partial charge in [0.25, 0.3) is 5.91 Å². The molecule has 5 rings (SSSR count). The van der Waals surface area contributed by atoms with Gasteiger partial charge in [-0.15, -0.1) is 0 Å². The van der Waals surface area contributed by atoms with Gasteiger partial charge in [-0.25, -0.2) is 13.4 Å². The molecule has 0 aliphatic carbocycles. The van der Waals surface area contributed by atoms with Crippen molar-refractivity contribution in [1.29, 1.82) is 0 Å². The predicted octanol–water partition coefficient (Wildman–Crippen LogP) is 4.39. The molecule has 3 heterocycles. The quantitative estimate of drug-likeness (QED) is 0.483. The lowest BCUT2D eigenvalue weighted by atomic mass is 9.90. The zero-order valence-electron chi connectivity index (χ0n) is 19.3. The molecule has 9 nitrogen and oxygen atoms in total. The number of nitrogens with zero attached hydrogens (tertiary/aromatic N) is 3. The molecule has 0 atom stereocenters. The molecule has 2 aliphatic rings. The Balaban J connectivity index is 1.41. The molecule has 1 aromatic heterocycles. The summed E-state index contributed by atoms with van der Waals surface area (Å²) in [6.07, 6.45) is 4.32. The summed E-state index contributed by atoms with van der Waals surface area (Å²) in [6, 6.07) is 10.2. The molecular weight excluding hydrogens is 525 g/mol. The largest absolute Gasteiger partial charge is 0.455 e. The molecule has 1 saturated heterocycles. The van der Waals surface area contributed by atoms with Gasteiger partial charge in [0.2, 0.25) is 11.8 Å². The fourth-order valence-corrected chi connectivity index (χ4v) is 6.06. The highest BCUT2D eigenvalue weighted by Gasteiger charge is 2.31. The topological polar surface area (TPSA) is 114 Å². The summed E-state index contributed by atoms with van der Waals surface area (Å²) < 4.78 is 30.9. The highest BCUT2D eigenvalue weighted by Crippen LogP contribution is 2.37. The van der Waals surface area contributed by atoms with Gasteiger partial charge < -0.3 is 15.4 Å². The zero-order valence-corrected chi connectivity index (χ0v) is 21.6. The van der Waals surface area contributed by atoms with Gasteiger partial charge in [0, 0.05) is 18.1 Å². The molecule has 0 radical (unpaired) electrons. The number of hydrogen-bond donors (Lipinski definition) is 2. The third-order valence-corrected chi connectivity index (χ3v) is 7.98. The van der Waals surface area contributed by atoms with Crippen molar-refractivity contribution >= 4 is 56.3 Å². The molecule has 12 heteroatoms. The summed E-state index contributed by atoms with van der Waals surface area (Å²) in [7, 11) is -3.46. The van der Waals surface area contributed by atoms with E-state index in [-0.39, 0.29) is 34.9 Å². The standard InChI is InChI=1S/C24H23Cl2N5O4S/c1-36(33,34)20-11-15(5-6-16(20)14-7-9-27-10-8-14)29-24-28-12-17-22(30-24)35-13-31(23(17)32)21-18(25)3-2-4-19(21)26/h2-6,11-12,14,27H,7-10,13H2,1H3,(H,28,29,30). The minimum Gasteiger partial charge on any atom is -0.455 e. The fourth-order valence-electron chi connectivity index (χ4n) is 4.46. The average molecular weight is 548 g/mol. The van der Waals surface area contributed by atoms with E-state index in [9.17, 15) is 13.2 Å². The van der Waals surface area contributed by atoms with Crippen LogP contribution in [0.2, 0.25) is 10.0 Å². The smallest absolute Gasteiger partial charge is 0.268 e. The number of piperidine rings is 1. The van der Waals surface area contributed by atoms with Gasteiger partial charge in [-0.05, 0) is 61.7 Å². The summed E-state index contributed by atoms with van der Waals surface area (Å²) in [6.45, 7) is 1.58. The molecular formula is C24H23Cl2N5O4S. The van der Waals surface area contributed by atoms with Gasteiger partial charge in [-0.3, -0.25) is 9.69 Å². The van der Waals surface area contributed by atoms with E-state index in [1.165, 1.54) is 17.4 Å². The molecule has 188 valence electrons. The van der Waals surface area contributed by atoms with Gasteiger partial charge in [-0.2, -0.15) is 4.98 Å². The van der Waals surface area contributed by atoms with Crippen molar-refractivity contribution in [2.75, 3.05) is 36.3 Å². The van der Waals surface area contributed by atoms with Crippen molar-refractivity contribution in [2.24, 2.45) is 0 Å². The summed E-state index contributed by atoms with van der Waals surface area (Å²) in [5.41, 5.74) is 1.84. The van der Waals surface area contributed by atoms with Gasteiger partial charge in [0.15, 0.2) is 16.6 Å². The highest BCUT2D eigenvalue weighted by molar-refractivity contribution is 7.90. The van der Waals surface area contributed by atoms with E-state index < -0.39 is 15.7 Å². The second kappa shape index (κ2) is 9.85. The van der Waals surface area contributed by atoms with Crippen LogP contribution in [0.5, 0.6) is 5.88 Å². The number of sulfone groups is 1. The van der Waals surface area contributed by atoms with Crippen LogP contribution in [-0.2, 0) is 9.84 Å². The van der Waals surface area contributed by atoms with Crippen molar-refractivity contribution in [2.45, 2.75) is 23.7 Å². The molecule has 2 N–H and O–H groups in total. The molecule has 3 aromatic rings. The maximum absolute atomic E-state index is 13.1. The molecule has 1 fully saturated rings. The Morgan fingerprint density at radius 1 is 1.14 bits per heavy atom. The minimum absolute atomic E-state index is 0.103. The Kier molecular flexibility index (Phi) is 6.78. The Morgan fingerprint density at radius 2 is 1.86 bits per heavy atom. The first-order chi connectivity index (χ1) is 17.2. The number of carbonyl (C=O) groups is 1. The van der Waals surface area contributed by atoms with Crippen molar-refractivity contribution in [3.63, 3.8) is 0 Å². The van der Waals surface area contributed by atoms with Crippen molar-refractivity contribution in [1.82, 2.24) is 15.3 Å². The number of halogens is 2. The second-order valence-corrected chi connectivity index (χ2v) is 11.5. The van der Waals surface area contributed by atoms with E-state index in [0.29, 0.717) is 21.4 Å². The molecule has 0 saturated carbocycles. The van der Waals surface area contributed by atoms with E-state index in [1.54, 1.807) is 24.3 Å². The van der Waals surface area contributed by atoms with E-state index in [4.69, 9.17) is 27.9 Å². The van der Waals surface area contributed by atoms with Crippen LogP contribution >= 0.6 is 23.2 Å². The monoisotopic (exact) mass is 547 g/mol. The molecule has 0 spiro atoms. The van der Waals surface area contributed by atoms with Crippen LogP contribution in [0, 0.1) is 0 Å². The normalized spacial score (nSPS) is 16.4. The van der Waals surface area contributed by atoms with Crippen LogP contribution in [0.1, 0.15) is 34.7 Å². The maximum Gasteiger partial charge on any atom is 0.268 e.